The molecular weight excluding hydrogens is 312 g/mol. The zero-order valence-electron chi connectivity index (χ0n) is 7.22. The summed E-state index contributed by atoms with van der Waals surface area (Å²) in [7, 11) is 0. The number of aromatic nitrogens is 2. The summed E-state index contributed by atoms with van der Waals surface area (Å²) in [6, 6.07) is 0. The Kier molecular flexibility index (Phi) is 3.40. The molecule has 14 heavy (non-hydrogen) atoms. The highest BCUT2D eigenvalue weighted by Gasteiger charge is 2.33. The second-order valence-corrected chi connectivity index (χ2v) is 3.86. The molecule has 1 aromatic rings. The van der Waals surface area contributed by atoms with Crippen LogP contribution in [0.5, 0.6) is 0 Å². The minimum atomic E-state index is -4.52. The quantitative estimate of drug-likeness (QED) is 0.850. The molecule has 0 aliphatic rings. The molecule has 0 bridgehead atoms. The third-order valence-corrected chi connectivity index (χ3v) is 2.49. The first-order chi connectivity index (χ1) is 6.36. The molecule has 0 aliphatic carbocycles. The lowest BCUT2D eigenvalue weighted by Gasteiger charge is -2.06. The second kappa shape index (κ2) is 4.05. The SMILES string of the molecule is CCC(O)c1nn(C(F)(F)F)cc1I. The first-order valence-electron chi connectivity index (χ1n) is 3.86. The van der Waals surface area contributed by atoms with Crippen LogP contribution in [0.3, 0.4) is 0 Å². The number of aliphatic hydroxyl groups excluding tert-OH is 1. The lowest BCUT2D eigenvalue weighted by molar-refractivity contribution is -0.212. The number of halogens is 4. The Labute approximate surface area is 92.1 Å². The molecule has 7 heteroatoms. The molecule has 0 saturated carbocycles. The highest BCUT2D eigenvalue weighted by Crippen LogP contribution is 2.26. The molecule has 1 atom stereocenters. The van der Waals surface area contributed by atoms with Crippen LogP contribution < -0.4 is 0 Å². The third kappa shape index (κ3) is 2.38. The number of nitrogens with zero attached hydrogens (tertiary/aromatic N) is 2. The van der Waals surface area contributed by atoms with E-state index in [0.29, 0.717) is 9.99 Å². The van der Waals surface area contributed by atoms with Crippen molar-refractivity contribution in [3.63, 3.8) is 0 Å². The first-order valence-corrected chi connectivity index (χ1v) is 4.94. The summed E-state index contributed by atoms with van der Waals surface area (Å²) in [5, 5.41) is 12.6. The van der Waals surface area contributed by atoms with E-state index in [1.807, 2.05) is 0 Å². The van der Waals surface area contributed by atoms with Crippen LogP contribution in [0.2, 0.25) is 0 Å². The van der Waals surface area contributed by atoms with Crippen molar-refractivity contribution in [1.82, 2.24) is 9.78 Å². The molecule has 1 rings (SSSR count). The van der Waals surface area contributed by atoms with Gasteiger partial charge in [0.25, 0.3) is 0 Å². The summed E-state index contributed by atoms with van der Waals surface area (Å²) in [5.41, 5.74) is 0.0745. The van der Waals surface area contributed by atoms with Gasteiger partial charge in [-0.2, -0.15) is 9.78 Å². The minimum Gasteiger partial charge on any atom is -0.387 e. The van der Waals surface area contributed by atoms with Crippen LogP contribution in [-0.2, 0) is 6.30 Å². The summed E-state index contributed by atoms with van der Waals surface area (Å²) < 4.78 is 36.7. The fraction of sp³-hybridized carbons (Fsp3) is 0.571. The maximum atomic E-state index is 12.2. The van der Waals surface area contributed by atoms with Crippen LogP contribution in [-0.4, -0.2) is 14.9 Å². The van der Waals surface area contributed by atoms with Crippen molar-refractivity contribution in [3.8, 4) is 0 Å². The van der Waals surface area contributed by atoms with E-state index in [1.165, 1.54) is 0 Å². The lowest BCUT2D eigenvalue weighted by atomic mass is 10.2. The molecule has 0 radical (unpaired) electrons. The van der Waals surface area contributed by atoms with Crippen molar-refractivity contribution in [3.05, 3.63) is 15.5 Å². The Hall–Kier alpha value is -0.310. The molecule has 1 heterocycles. The molecule has 0 spiro atoms. The van der Waals surface area contributed by atoms with Gasteiger partial charge in [-0.1, -0.05) is 6.92 Å². The molecule has 0 aliphatic heterocycles. The molecule has 0 amide bonds. The fourth-order valence-corrected chi connectivity index (χ4v) is 1.65. The van der Waals surface area contributed by atoms with E-state index in [9.17, 15) is 18.3 Å². The Morgan fingerprint density at radius 3 is 2.57 bits per heavy atom. The summed E-state index contributed by atoms with van der Waals surface area (Å²) in [6.45, 7) is 1.67. The van der Waals surface area contributed by atoms with Gasteiger partial charge in [0.2, 0.25) is 0 Å². The van der Waals surface area contributed by atoms with E-state index >= 15 is 0 Å². The predicted octanol–water partition coefficient (Wildman–Crippen LogP) is 2.41. The number of rotatable bonds is 2. The number of hydrogen-bond donors (Lipinski definition) is 1. The van der Waals surface area contributed by atoms with Crippen LogP contribution in [0, 0.1) is 3.57 Å². The van der Waals surface area contributed by atoms with Crippen molar-refractivity contribution in [2.24, 2.45) is 0 Å². The number of aliphatic hydroxyl groups is 1. The zero-order chi connectivity index (χ0) is 10.9. The molecule has 1 N–H and O–H groups in total. The van der Waals surface area contributed by atoms with Crippen LogP contribution in [0.4, 0.5) is 13.2 Å². The van der Waals surface area contributed by atoms with E-state index in [0.717, 1.165) is 6.20 Å². The van der Waals surface area contributed by atoms with Gasteiger partial charge in [-0.15, -0.1) is 13.2 Å². The average Bonchev–Trinajstić information content (AvgIpc) is 2.45. The van der Waals surface area contributed by atoms with Gasteiger partial charge in [-0.05, 0) is 29.0 Å². The normalized spacial score (nSPS) is 14.4. The van der Waals surface area contributed by atoms with E-state index in [4.69, 9.17) is 0 Å². The lowest BCUT2D eigenvalue weighted by Crippen LogP contribution is -2.17. The molecule has 3 nitrogen and oxygen atoms in total. The predicted molar refractivity (Wildman–Crippen MR) is 51.5 cm³/mol. The van der Waals surface area contributed by atoms with Gasteiger partial charge in [0.15, 0.2) is 0 Å². The van der Waals surface area contributed by atoms with Gasteiger partial charge < -0.3 is 5.11 Å². The maximum absolute atomic E-state index is 12.2. The Bertz CT molecular complexity index is 323. The van der Waals surface area contributed by atoms with Crippen molar-refractivity contribution in [1.29, 1.82) is 0 Å². The Morgan fingerprint density at radius 1 is 1.64 bits per heavy atom. The van der Waals surface area contributed by atoms with Gasteiger partial charge in [0.05, 0.1) is 9.67 Å². The molecule has 80 valence electrons. The molecular formula is C7H8F3IN2O. The van der Waals surface area contributed by atoms with Gasteiger partial charge in [0.1, 0.15) is 5.69 Å². The standard InChI is InChI=1S/C7H8F3IN2O/c1-2-5(14)6-4(11)3-13(12-6)7(8,9)10/h3,5,14H,2H2,1H3. The topological polar surface area (TPSA) is 38.1 Å². The van der Waals surface area contributed by atoms with E-state index in [1.54, 1.807) is 29.5 Å². The van der Waals surface area contributed by atoms with Crippen LogP contribution in [0.25, 0.3) is 0 Å². The van der Waals surface area contributed by atoms with Crippen LogP contribution in [0.1, 0.15) is 25.1 Å². The zero-order valence-corrected chi connectivity index (χ0v) is 9.37. The summed E-state index contributed by atoms with van der Waals surface area (Å²) in [4.78, 5) is 0. The van der Waals surface area contributed by atoms with Crippen molar-refractivity contribution in [2.45, 2.75) is 25.7 Å². The average molecular weight is 320 g/mol. The molecule has 0 aromatic carbocycles. The van der Waals surface area contributed by atoms with Crippen molar-refractivity contribution >= 4 is 22.6 Å². The number of hydrogen-bond acceptors (Lipinski definition) is 2. The van der Waals surface area contributed by atoms with Crippen LogP contribution >= 0.6 is 22.6 Å². The smallest absolute Gasteiger partial charge is 0.387 e. The minimum absolute atomic E-state index is 0.0745. The van der Waals surface area contributed by atoms with Crippen molar-refractivity contribution < 1.29 is 18.3 Å². The fourth-order valence-electron chi connectivity index (χ4n) is 0.915. The largest absolute Gasteiger partial charge is 0.504 e. The summed E-state index contributed by atoms with van der Waals surface area (Å²) in [5.74, 6) is 0. The van der Waals surface area contributed by atoms with Gasteiger partial charge in [-0.25, -0.2) is 0 Å². The van der Waals surface area contributed by atoms with Gasteiger partial charge in [0, 0.05) is 6.20 Å². The highest BCUT2D eigenvalue weighted by molar-refractivity contribution is 14.1. The third-order valence-electron chi connectivity index (χ3n) is 1.66. The molecule has 0 saturated heterocycles. The van der Waals surface area contributed by atoms with E-state index in [-0.39, 0.29) is 10.4 Å². The highest BCUT2D eigenvalue weighted by atomic mass is 127. The summed E-state index contributed by atoms with van der Waals surface area (Å²) >= 11 is 1.72. The van der Waals surface area contributed by atoms with Gasteiger partial charge >= 0.3 is 6.30 Å². The Balaban J connectivity index is 3.05. The second-order valence-electron chi connectivity index (χ2n) is 2.70. The molecule has 1 aromatic heterocycles. The van der Waals surface area contributed by atoms with E-state index < -0.39 is 12.4 Å². The number of alkyl halides is 3. The molecule has 0 fully saturated rings. The monoisotopic (exact) mass is 320 g/mol. The first kappa shape index (κ1) is 11.8. The van der Waals surface area contributed by atoms with Crippen LogP contribution in [0.15, 0.2) is 6.20 Å². The Morgan fingerprint density at radius 2 is 2.21 bits per heavy atom. The summed E-state index contributed by atoms with van der Waals surface area (Å²) in [6.07, 6.45) is -4.27. The van der Waals surface area contributed by atoms with Gasteiger partial charge in [-0.3, -0.25) is 0 Å². The van der Waals surface area contributed by atoms with Crippen molar-refractivity contribution in [2.75, 3.05) is 0 Å². The molecule has 1 unspecified atom stereocenters. The maximum Gasteiger partial charge on any atom is 0.504 e. The van der Waals surface area contributed by atoms with E-state index in [2.05, 4.69) is 5.10 Å².